The van der Waals surface area contributed by atoms with Crippen LogP contribution in [0.5, 0.6) is 5.88 Å². The van der Waals surface area contributed by atoms with Gasteiger partial charge in [0.15, 0.2) is 0 Å². The van der Waals surface area contributed by atoms with Gasteiger partial charge in [-0.15, -0.1) is 0 Å². The number of piperidine rings is 1. The first kappa shape index (κ1) is 16.6. The molecule has 0 radical (unpaired) electrons. The first-order valence-corrected chi connectivity index (χ1v) is 9.62. The highest BCUT2D eigenvalue weighted by Gasteiger charge is 2.32. The highest BCUT2D eigenvalue weighted by atomic mass is 16.5. The Hall–Kier alpha value is -1.82. The van der Waals surface area contributed by atoms with Crippen molar-refractivity contribution in [3.05, 3.63) is 23.9 Å². The molecule has 3 fully saturated rings. The first-order chi connectivity index (χ1) is 12.3. The third kappa shape index (κ3) is 5.08. The van der Waals surface area contributed by atoms with Gasteiger partial charge in [-0.25, -0.2) is 9.78 Å². The number of rotatable bonds is 7. The van der Waals surface area contributed by atoms with E-state index in [2.05, 4.69) is 20.5 Å². The molecule has 2 aliphatic carbocycles. The average Bonchev–Trinajstić information content (AvgIpc) is 3.53. The van der Waals surface area contributed by atoms with Crippen molar-refractivity contribution in [2.75, 3.05) is 19.7 Å². The van der Waals surface area contributed by atoms with E-state index in [1.807, 2.05) is 12.1 Å². The topological polar surface area (TPSA) is 66.5 Å². The number of likely N-dealkylation sites (tertiary alicyclic amines) is 1. The van der Waals surface area contributed by atoms with E-state index < -0.39 is 0 Å². The normalized spacial score (nSPS) is 21.8. The van der Waals surface area contributed by atoms with E-state index in [0.29, 0.717) is 18.5 Å². The lowest BCUT2D eigenvalue weighted by atomic mass is 10.1. The number of ether oxygens (including phenoxy) is 1. The van der Waals surface area contributed by atoms with E-state index in [1.165, 1.54) is 25.7 Å². The van der Waals surface area contributed by atoms with Crippen LogP contribution in [0.25, 0.3) is 0 Å². The fourth-order valence-electron chi connectivity index (χ4n) is 3.36. The second kappa shape index (κ2) is 7.60. The number of pyridine rings is 1. The lowest BCUT2D eigenvalue weighted by Gasteiger charge is -2.32. The summed E-state index contributed by atoms with van der Waals surface area (Å²) >= 11 is 0. The van der Waals surface area contributed by atoms with Gasteiger partial charge in [0, 0.05) is 44.0 Å². The van der Waals surface area contributed by atoms with Gasteiger partial charge in [-0.05, 0) is 50.0 Å². The van der Waals surface area contributed by atoms with E-state index in [9.17, 15) is 4.79 Å². The molecule has 1 saturated heterocycles. The molecule has 25 heavy (non-hydrogen) atoms. The second-order valence-corrected chi connectivity index (χ2v) is 7.63. The van der Waals surface area contributed by atoms with E-state index in [1.54, 1.807) is 6.20 Å². The van der Waals surface area contributed by atoms with E-state index in [4.69, 9.17) is 4.74 Å². The first-order valence-electron chi connectivity index (χ1n) is 9.62. The fourth-order valence-corrected chi connectivity index (χ4v) is 3.36. The van der Waals surface area contributed by atoms with E-state index >= 15 is 0 Å². The predicted octanol–water partition coefficient (Wildman–Crippen LogP) is 2.30. The van der Waals surface area contributed by atoms with Crippen molar-refractivity contribution < 1.29 is 9.53 Å². The smallest absolute Gasteiger partial charge is 0.315 e. The van der Waals surface area contributed by atoms with Crippen LogP contribution in [-0.4, -0.2) is 47.7 Å². The van der Waals surface area contributed by atoms with Gasteiger partial charge in [-0.1, -0.05) is 6.07 Å². The molecule has 136 valence electrons. The van der Waals surface area contributed by atoms with Crippen LogP contribution >= 0.6 is 0 Å². The summed E-state index contributed by atoms with van der Waals surface area (Å²) in [5.41, 5.74) is 0.984. The Balaban J connectivity index is 1.14. The molecule has 0 bridgehead atoms. The lowest BCUT2D eigenvalue weighted by Crippen LogP contribution is -2.48. The molecule has 0 spiro atoms. The quantitative estimate of drug-likeness (QED) is 0.796. The predicted molar refractivity (Wildman–Crippen MR) is 95.4 cm³/mol. The molecule has 0 unspecified atom stereocenters. The Bertz CT molecular complexity index is 576. The fraction of sp³-hybridized carbons (Fsp3) is 0.684. The van der Waals surface area contributed by atoms with Crippen molar-refractivity contribution in [3.63, 3.8) is 0 Å². The maximum Gasteiger partial charge on any atom is 0.315 e. The molecule has 6 heteroatoms. The molecular weight excluding hydrogens is 316 g/mol. The molecule has 1 aliphatic heterocycles. The van der Waals surface area contributed by atoms with Crippen LogP contribution in [0, 0.1) is 5.92 Å². The van der Waals surface area contributed by atoms with Crippen molar-refractivity contribution in [2.45, 2.75) is 57.2 Å². The van der Waals surface area contributed by atoms with Gasteiger partial charge in [0.1, 0.15) is 0 Å². The zero-order chi connectivity index (χ0) is 17.1. The number of hydrogen-bond donors (Lipinski definition) is 2. The minimum Gasteiger partial charge on any atom is -0.477 e. The molecule has 0 aromatic carbocycles. The van der Waals surface area contributed by atoms with Gasteiger partial charge in [-0.2, -0.15) is 0 Å². The minimum atomic E-state index is -0.0843. The SMILES string of the molecule is O=C(NCc1ccc(OCC2CC2)nc1)NC1CCN(C2CC2)CC1. The summed E-state index contributed by atoms with van der Waals surface area (Å²) in [5, 5.41) is 6.03. The van der Waals surface area contributed by atoms with E-state index in [-0.39, 0.29) is 6.03 Å². The summed E-state index contributed by atoms with van der Waals surface area (Å²) in [5.74, 6) is 1.39. The summed E-state index contributed by atoms with van der Waals surface area (Å²) < 4.78 is 5.63. The highest BCUT2D eigenvalue weighted by Crippen LogP contribution is 2.29. The Morgan fingerprint density at radius 3 is 2.60 bits per heavy atom. The molecule has 1 aromatic heterocycles. The zero-order valence-electron chi connectivity index (χ0n) is 14.7. The van der Waals surface area contributed by atoms with Crippen LogP contribution < -0.4 is 15.4 Å². The third-order valence-electron chi connectivity index (χ3n) is 5.34. The molecule has 1 aromatic rings. The van der Waals surface area contributed by atoms with Crippen LogP contribution in [0.3, 0.4) is 0 Å². The van der Waals surface area contributed by atoms with Crippen LogP contribution in [-0.2, 0) is 6.54 Å². The minimum absolute atomic E-state index is 0.0843. The monoisotopic (exact) mass is 344 g/mol. The molecular formula is C19H28N4O2. The van der Waals surface area contributed by atoms with Gasteiger partial charge < -0.3 is 20.3 Å². The van der Waals surface area contributed by atoms with E-state index in [0.717, 1.165) is 50.1 Å². The molecule has 2 amide bonds. The van der Waals surface area contributed by atoms with Gasteiger partial charge in [0.05, 0.1) is 6.61 Å². The molecule has 4 rings (SSSR count). The van der Waals surface area contributed by atoms with Crippen molar-refractivity contribution in [1.82, 2.24) is 20.5 Å². The standard InChI is InChI=1S/C19H28N4O2/c24-19(22-16-7-9-23(10-8-16)17-4-5-17)21-12-15-3-6-18(20-11-15)25-13-14-1-2-14/h3,6,11,14,16-17H,1-2,4-5,7-10,12-13H2,(H2,21,22,24). The van der Waals surface area contributed by atoms with Crippen LogP contribution in [0.4, 0.5) is 4.79 Å². The molecule has 2 saturated carbocycles. The molecule has 6 nitrogen and oxygen atoms in total. The Morgan fingerprint density at radius 1 is 1.16 bits per heavy atom. The number of carbonyl (C=O) groups excluding carboxylic acids is 1. The van der Waals surface area contributed by atoms with Crippen LogP contribution in [0.15, 0.2) is 18.3 Å². The molecule has 2 heterocycles. The summed E-state index contributed by atoms with van der Waals surface area (Å²) in [6.45, 7) is 3.49. The van der Waals surface area contributed by atoms with Crippen LogP contribution in [0.2, 0.25) is 0 Å². The van der Waals surface area contributed by atoms with Crippen molar-refractivity contribution >= 4 is 6.03 Å². The number of nitrogens with one attached hydrogen (secondary N) is 2. The number of nitrogens with zero attached hydrogens (tertiary/aromatic N) is 2. The Morgan fingerprint density at radius 2 is 1.96 bits per heavy atom. The van der Waals surface area contributed by atoms with Crippen molar-refractivity contribution in [3.8, 4) is 5.88 Å². The summed E-state index contributed by atoms with van der Waals surface area (Å²) in [6.07, 6.45) is 9.15. The maximum absolute atomic E-state index is 12.1. The van der Waals surface area contributed by atoms with Gasteiger partial charge in [0.2, 0.25) is 5.88 Å². The van der Waals surface area contributed by atoms with Gasteiger partial charge >= 0.3 is 6.03 Å². The highest BCUT2D eigenvalue weighted by molar-refractivity contribution is 5.74. The number of carbonyl (C=O) groups is 1. The van der Waals surface area contributed by atoms with Crippen LogP contribution in [0.1, 0.15) is 44.1 Å². The number of aromatic nitrogens is 1. The number of urea groups is 1. The second-order valence-electron chi connectivity index (χ2n) is 7.63. The summed E-state index contributed by atoms with van der Waals surface area (Å²) in [4.78, 5) is 19.0. The Kier molecular flexibility index (Phi) is 5.06. The largest absolute Gasteiger partial charge is 0.477 e. The number of amides is 2. The van der Waals surface area contributed by atoms with Gasteiger partial charge in [0.25, 0.3) is 0 Å². The number of hydrogen-bond acceptors (Lipinski definition) is 4. The Labute approximate surface area is 149 Å². The third-order valence-corrected chi connectivity index (χ3v) is 5.34. The van der Waals surface area contributed by atoms with Gasteiger partial charge in [-0.3, -0.25) is 0 Å². The maximum atomic E-state index is 12.1. The summed E-state index contributed by atoms with van der Waals surface area (Å²) in [7, 11) is 0. The summed E-state index contributed by atoms with van der Waals surface area (Å²) in [6, 6.07) is 4.89. The molecule has 3 aliphatic rings. The lowest BCUT2D eigenvalue weighted by molar-refractivity contribution is 0.186. The molecule has 2 N–H and O–H groups in total. The average molecular weight is 344 g/mol. The van der Waals surface area contributed by atoms with Crippen molar-refractivity contribution in [2.24, 2.45) is 5.92 Å². The van der Waals surface area contributed by atoms with Crippen molar-refractivity contribution in [1.29, 1.82) is 0 Å². The molecule has 0 atom stereocenters. The zero-order valence-corrected chi connectivity index (χ0v) is 14.7.